The van der Waals surface area contributed by atoms with Gasteiger partial charge in [0.15, 0.2) is 0 Å². The first kappa shape index (κ1) is 8.51. The molecule has 1 nitrogen and oxygen atoms in total. The molecule has 0 aromatic heterocycles. The number of hydrogen-bond acceptors (Lipinski definition) is 1. The van der Waals surface area contributed by atoms with E-state index in [9.17, 15) is 0 Å². The van der Waals surface area contributed by atoms with E-state index in [0.29, 0.717) is 5.92 Å². The summed E-state index contributed by atoms with van der Waals surface area (Å²) in [6, 6.07) is 0. The molecular formula is C10H17N. The number of nitrogens with one attached hydrogen (secondary N) is 1. The van der Waals surface area contributed by atoms with Crippen molar-refractivity contribution in [2.45, 2.75) is 40.0 Å². The topological polar surface area (TPSA) is 23.9 Å². The predicted molar refractivity (Wildman–Crippen MR) is 49.1 cm³/mol. The van der Waals surface area contributed by atoms with Crippen LogP contribution in [0.1, 0.15) is 40.0 Å². The molecule has 0 radical (unpaired) electrons. The summed E-state index contributed by atoms with van der Waals surface area (Å²) in [6.45, 7) is 6.27. The molecule has 1 aliphatic carbocycles. The lowest BCUT2D eigenvalue weighted by Gasteiger charge is -2.21. The van der Waals surface area contributed by atoms with Crippen molar-refractivity contribution < 1.29 is 0 Å². The van der Waals surface area contributed by atoms with Gasteiger partial charge in [-0.25, -0.2) is 0 Å². The highest BCUT2D eigenvalue weighted by molar-refractivity contribution is 5.99. The quantitative estimate of drug-likeness (QED) is 0.586. The van der Waals surface area contributed by atoms with E-state index in [1.807, 2.05) is 0 Å². The predicted octanol–water partition coefficient (Wildman–Crippen LogP) is 3.16. The largest absolute Gasteiger partial charge is 0.305 e. The Bertz CT molecular complexity index is 193. The lowest BCUT2D eigenvalue weighted by atomic mass is 9.85. The molecule has 1 aliphatic rings. The van der Waals surface area contributed by atoms with Crippen molar-refractivity contribution in [2.75, 3.05) is 0 Å². The standard InChI is InChI=1S/C10H17N/c1-7(2)10(11)8(3)9-5-4-6-9/h7,11H,4-6H2,1-3H3. The van der Waals surface area contributed by atoms with Crippen LogP contribution in [0.3, 0.4) is 0 Å². The Morgan fingerprint density at radius 2 is 1.91 bits per heavy atom. The monoisotopic (exact) mass is 151 g/mol. The molecule has 0 spiro atoms. The summed E-state index contributed by atoms with van der Waals surface area (Å²) >= 11 is 0. The first-order chi connectivity index (χ1) is 5.13. The number of rotatable bonds is 2. The minimum absolute atomic E-state index is 0.392. The van der Waals surface area contributed by atoms with Crippen LogP contribution in [0.5, 0.6) is 0 Å². The van der Waals surface area contributed by atoms with E-state index in [-0.39, 0.29) is 0 Å². The lowest BCUT2D eigenvalue weighted by Crippen LogP contribution is -2.12. The van der Waals surface area contributed by atoms with Gasteiger partial charge in [0.05, 0.1) is 0 Å². The number of hydrogen-bond donors (Lipinski definition) is 1. The van der Waals surface area contributed by atoms with Crippen LogP contribution in [-0.2, 0) is 0 Å². The molecule has 1 N–H and O–H groups in total. The Morgan fingerprint density at radius 3 is 2.18 bits per heavy atom. The van der Waals surface area contributed by atoms with Crippen molar-refractivity contribution in [3.63, 3.8) is 0 Å². The highest BCUT2D eigenvalue weighted by Crippen LogP contribution is 2.29. The Labute approximate surface area is 69.0 Å². The average molecular weight is 151 g/mol. The zero-order valence-corrected chi connectivity index (χ0v) is 7.70. The molecule has 0 heterocycles. The van der Waals surface area contributed by atoms with Gasteiger partial charge in [-0.3, -0.25) is 0 Å². The summed E-state index contributed by atoms with van der Waals surface area (Å²) < 4.78 is 0. The molecule has 1 rings (SSSR count). The summed E-state index contributed by atoms with van der Waals surface area (Å²) in [6.07, 6.45) is 3.81. The zero-order chi connectivity index (χ0) is 8.43. The van der Waals surface area contributed by atoms with Crippen LogP contribution in [0, 0.1) is 11.3 Å². The second-order valence-corrected chi connectivity index (χ2v) is 3.65. The van der Waals surface area contributed by atoms with Gasteiger partial charge in [0.25, 0.3) is 0 Å². The van der Waals surface area contributed by atoms with E-state index in [4.69, 9.17) is 5.41 Å². The van der Waals surface area contributed by atoms with Crippen molar-refractivity contribution in [3.05, 3.63) is 11.1 Å². The van der Waals surface area contributed by atoms with Crippen molar-refractivity contribution in [1.29, 1.82) is 5.41 Å². The molecule has 0 bridgehead atoms. The third-order valence-electron chi connectivity index (χ3n) is 2.47. The molecular weight excluding hydrogens is 134 g/mol. The third-order valence-corrected chi connectivity index (χ3v) is 2.47. The fourth-order valence-electron chi connectivity index (χ4n) is 1.35. The van der Waals surface area contributed by atoms with Crippen molar-refractivity contribution >= 4 is 5.71 Å². The van der Waals surface area contributed by atoms with Gasteiger partial charge >= 0.3 is 0 Å². The maximum atomic E-state index is 7.76. The van der Waals surface area contributed by atoms with Crippen molar-refractivity contribution in [2.24, 2.45) is 5.92 Å². The van der Waals surface area contributed by atoms with Crippen LogP contribution >= 0.6 is 0 Å². The Hall–Kier alpha value is -0.590. The van der Waals surface area contributed by atoms with Crippen LogP contribution in [0.15, 0.2) is 11.1 Å². The average Bonchev–Trinajstić information content (AvgIpc) is 1.82. The zero-order valence-electron chi connectivity index (χ0n) is 7.70. The molecule has 0 aromatic carbocycles. The van der Waals surface area contributed by atoms with E-state index in [2.05, 4.69) is 20.8 Å². The summed E-state index contributed by atoms with van der Waals surface area (Å²) in [5, 5.41) is 7.76. The molecule has 11 heavy (non-hydrogen) atoms. The highest BCUT2D eigenvalue weighted by Gasteiger charge is 2.15. The van der Waals surface area contributed by atoms with E-state index in [0.717, 1.165) is 5.71 Å². The van der Waals surface area contributed by atoms with Crippen molar-refractivity contribution in [3.8, 4) is 0 Å². The van der Waals surface area contributed by atoms with E-state index < -0.39 is 0 Å². The summed E-state index contributed by atoms with van der Waals surface area (Å²) in [4.78, 5) is 0. The molecule has 1 heteroatoms. The Kier molecular flexibility index (Phi) is 2.48. The minimum Gasteiger partial charge on any atom is -0.305 e. The lowest BCUT2D eigenvalue weighted by molar-refractivity contribution is 0.654. The number of allylic oxidation sites excluding steroid dienone is 2. The van der Waals surface area contributed by atoms with Gasteiger partial charge in [-0.2, -0.15) is 0 Å². The van der Waals surface area contributed by atoms with E-state index >= 15 is 0 Å². The highest BCUT2D eigenvalue weighted by atomic mass is 14.4. The van der Waals surface area contributed by atoms with Gasteiger partial charge in [0, 0.05) is 5.71 Å². The normalized spacial score (nSPS) is 16.5. The molecule has 1 fully saturated rings. The first-order valence-corrected chi connectivity index (χ1v) is 4.40. The SMILES string of the molecule is CC(C(=N)C(C)C)=C1CCC1. The molecule has 62 valence electrons. The summed E-state index contributed by atoms with van der Waals surface area (Å²) in [5.41, 5.74) is 3.61. The van der Waals surface area contributed by atoms with Crippen LogP contribution in [0.25, 0.3) is 0 Å². The van der Waals surface area contributed by atoms with Gasteiger partial charge in [-0.1, -0.05) is 19.4 Å². The second-order valence-electron chi connectivity index (χ2n) is 3.65. The van der Waals surface area contributed by atoms with Gasteiger partial charge < -0.3 is 5.41 Å². The summed E-state index contributed by atoms with van der Waals surface area (Å²) in [5.74, 6) is 0.392. The van der Waals surface area contributed by atoms with Gasteiger partial charge in [-0.15, -0.1) is 0 Å². The maximum Gasteiger partial charge on any atom is 0.0367 e. The molecule has 0 unspecified atom stereocenters. The fraction of sp³-hybridized carbons (Fsp3) is 0.700. The minimum atomic E-state index is 0.392. The van der Waals surface area contributed by atoms with E-state index in [1.165, 1.54) is 30.4 Å². The molecule has 1 saturated carbocycles. The fourth-order valence-corrected chi connectivity index (χ4v) is 1.35. The van der Waals surface area contributed by atoms with Crippen LogP contribution in [0.2, 0.25) is 0 Å². The molecule has 0 atom stereocenters. The smallest absolute Gasteiger partial charge is 0.0367 e. The van der Waals surface area contributed by atoms with Crippen LogP contribution < -0.4 is 0 Å². The Balaban J connectivity index is 2.66. The Morgan fingerprint density at radius 1 is 1.36 bits per heavy atom. The second kappa shape index (κ2) is 3.21. The molecule has 0 aromatic rings. The van der Waals surface area contributed by atoms with Crippen molar-refractivity contribution in [1.82, 2.24) is 0 Å². The van der Waals surface area contributed by atoms with Gasteiger partial charge in [-0.05, 0) is 37.7 Å². The van der Waals surface area contributed by atoms with Crippen LogP contribution in [0.4, 0.5) is 0 Å². The summed E-state index contributed by atoms with van der Waals surface area (Å²) in [7, 11) is 0. The van der Waals surface area contributed by atoms with Gasteiger partial charge in [0.2, 0.25) is 0 Å². The van der Waals surface area contributed by atoms with Gasteiger partial charge in [0.1, 0.15) is 0 Å². The maximum absolute atomic E-state index is 7.76. The molecule has 0 saturated heterocycles. The molecule has 0 aliphatic heterocycles. The third kappa shape index (κ3) is 1.70. The van der Waals surface area contributed by atoms with E-state index in [1.54, 1.807) is 0 Å². The van der Waals surface area contributed by atoms with Crippen LogP contribution in [-0.4, -0.2) is 5.71 Å². The molecule has 0 amide bonds. The first-order valence-electron chi connectivity index (χ1n) is 4.40.